The number of likely N-dealkylation sites (tertiary alicyclic amines) is 1. The summed E-state index contributed by atoms with van der Waals surface area (Å²) in [6.45, 7) is 1.65. The number of hydrogen-bond acceptors (Lipinski definition) is 8. The molecule has 1 atom stereocenters. The number of aromatic nitrogens is 1. The van der Waals surface area contributed by atoms with Gasteiger partial charge in [-0.3, -0.25) is 29.4 Å². The van der Waals surface area contributed by atoms with Crippen molar-refractivity contribution in [3.8, 4) is 16.9 Å². The van der Waals surface area contributed by atoms with Crippen LogP contribution in [0.25, 0.3) is 21.9 Å². The fraction of sp³-hybridized carbons (Fsp3) is 0.429. The number of pyridine rings is 1. The molecule has 1 aromatic heterocycles. The van der Waals surface area contributed by atoms with Gasteiger partial charge in [0.1, 0.15) is 11.8 Å². The number of ether oxygens (including phenoxy) is 1. The molecule has 3 saturated heterocycles. The number of carbonyl (C=O) groups is 3. The third-order valence-corrected chi connectivity index (χ3v) is 11.6. The van der Waals surface area contributed by atoms with Crippen molar-refractivity contribution in [3.63, 3.8) is 0 Å². The number of nitrogens with one attached hydrogen (secondary N) is 2. The van der Waals surface area contributed by atoms with Gasteiger partial charge in [0, 0.05) is 99.3 Å². The normalized spacial score (nSPS) is 18.8. The molecule has 0 bridgehead atoms. The minimum atomic E-state index is -4.94. The Hall–Kier alpha value is -5.58. The van der Waals surface area contributed by atoms with Crippen molar-refractivity contribution in [3.05, 3.63) is 88.3 Å². The van der Waals surface area contributed by atoms with Crippen LogP contribution in [0, 0.1) is 5.92 Å². The molecule has 3 aromatic carbocycles. The summed E-state index contributed by atoms with van der Waals surface area (Å²) in [6, 6.07) is 14.4. The molecule has 1 unspecified atom stereocenters. The van der Waals surface area contributed by atoms with Crippen LogP contribution >= 0.6 is 0 Å². The van der Waals surface area contributed by atoms with E-state index in [0.29, 0.717) is 66.2 Å². The van der Waals surface area contributed by atoms with Crippen LogP contribution in [-0.2, 0) is 34.2 Å². The zero-order valence-electron chi connectivity index (χ0n) is 32.5. The smallest absolute Gasteiger partial charge is 0.405 e. The highest BCUT2D eigenvalue weighted by Crippen LogP contribution is 2.40. The molecule has 2 N–H and O–H groups in total. The molecule has 0 aliphatic carbocycles. The Morgan fingerprint density at radius 3 is 2.24 bits per heavy atom. The quantitative estimate of drug-likeness (QED) is 0.142. The first-order chi connectivity index (χ1) is 27.9. The topological polar surface area (TPSA) is 116 Å². The fourth-order valence-electron chi connectivity index (χ4n) is 8.42. The molecule has 314 valence electrons. The standard InChI is InChI=1S/C42H44F6N6O5/c1-51-24-32(30-5-3-4-6-31(30)40(51)58)26-7-8-27(36(21-26)59-42(46,47)48)23-53-17-15-29(16-18-53)52(2)39(57)25-13-19-54(20-14-25)35-11-9-28(22-33(35)41(43,44)45)49-34-10-12-37(55)50-38(34)56/h3-9,11,21-22,24-25,29,34,49H,10,12-20,23H2,1-2H3,(H,50,55,56). The van der Waals surface area contributed by atoms with Crippen LogP contribution in [-0.4, -0.2) is 83.8 Å². The Bertz CT molecular complexity index is 2300. The van der Waals surface area contributed by atoms with Gasteiger partial charge in [-0.15, -0.1) is 13.2 Å². The molecule has 4 heterocycles. The maximum absolute atomic E-state index is 14.3. The maximum atomic E-state index is 14.3. The third-order valence-electron chi connectivity index (χ3n) is 11.6. The number of aryl methyl sites for hydroxylation is 1. The SMILES string of the molecule is CN(C(=O)C1CCN(c2ccc(NC3CCC(=O)NC3=O)cc2C(F)(F)F)CC1)C1CCN(Cc2ccc(-c3cn(C)c(=O)c4ccccc34)cc2OC(F)(F)F)CC1. The highest BCUT2D eigenvalue weighted by atomic mass is 19.4. The van der Waals surface area contributed by atoms with Gasteiger partial charge in [-0.05, 0) is 73.4 Å². The van der Waals surface area contributed by atoms with Gasteiger partial charge in [0.15, 0.2) is 0 Å². The number of fused-ring (bicyclic) bond motifs is 1. The van der Waals surface area contributed by atoms with Gasteiger partial charge in [-0.25, -0.2) is 0 Å². The second-order valence-corrected chi connectivity index (χ2v) is 15.5. The molecular formula is C42H44F6N6O5. The number of imide groups is 1. The molecule has 3 fully saturated rings. The molecule has 0 saturated carbocycles. The molecule has 4 aromatic rings. The van der Waals surface area contributed by atoms with E-state index in [0.717, 1.165) is 6.07 Å². The lowest BCUT2D eigenvalue weighted by Gasteiger charge is -2.40. The summed E-state index contributed by atoms with van der Waals surface area (Å²) >= 11 is 0. The largest absolute Gasteiger partial charge is 0.573 e. The molecule has 0 spiro atoms. The van der Waals surface area contributed by atoms with E-state index >= 15 is 0 Å². The number of benzene rings is 3. The van der Waals surface area contributed by atoms with Crippen LogP contribution in [0.15, 0.2) is 71.7 Å². The molecule has 7 rings (SSSR count). The van der Waals surface area contributed by atoms with Crippen molar-refractivity contribution in [1.29, 1.82) is 0 Å². The number of amides is 3. The first kappa shape index (κ1) is 41.6. The van der Waals surface area contributed by atoms with Crippen LogP contribution in [0.3, 0.4) is 0 Å². The number of halogens is 6. The number of rotatable bonds is 9. The molecular weight excluding hydrogens is 782 g/mol. The molecule has 3 aliphatic rings. The van der Waals surface area contributed by atoms with Gasteiger partial charge < -0.3 is 24.4 Å². The highest BCUT2D eigenvalue weighted by molar-refractivity contribution is 6.01. The van der Waals surface area contributed by atoms with E-state index in [-0.39, 0.29) is 73.0 Å². The van der Waals surface area contributed by atoms with Gasteiger partial charge in [0.05, 0.1) is 5.56 Å². The Labute approximate surface area is 335 Å². The predicted molar refractivity (Wildman–Crippen MR) is 209 cm³/mol. The number of nitrogens with zero attached hydrogens (tertiary/aromatic N) is 4. The first-order valence-corrected chi connectivity index (χ1v) is 19.5. The van der Waals surface area contributed by atoms with Crippen molar-refractivity contribution in [2.24, 2.45) is 13.0 Å². The van der Waals surface area contributed by atoms with E-state index in [2.05, 4.69) is 15.4 Å². The monoisotopic (exact) mass is 826 g/mol. The van der Waals surface area contributed by atoms with Crippen LogP contribution < -0.4 is 25.8 Å². The van der Waals surface area contributed by atoms with Crippen LogP contribution in [0.5, 0.6) is 5.75 Å². The molecule has 17 heteroatoms. The Morgan fingerprint density at radius 1 is 0.881 bits per heavy atom. The molecule has 0 radical (unpaired) electrons. The van der Waals surface area contributed by atoms with Gasteiger partial charge >= 0.3 is 12.5 Å². The number of alkyl halides is 6. The minimum Gasteiger partial charge on any atom is -0.405 e. The third kappa shape index (κ3) is 9.34. The van der Waals surface area contributed by atoms with Crippen molar-refractivity contribution in [2.75, 3.05) is 43.4 Å². The first-order valence-electron chi connectivity index (χ1n) is 19.5. The van der Waals surface area contributed by atoms with Gasteiger partial charge in [0.25, 0.3) is 5.56 Å². The summed E-state index contributed by atoms with van der Waals surface area (Å²) in [5, 5.41) is 6.04. The lowest BCUT2D eigenvalue weighted by atomic mass is 9.92. The lowest BCUT2D eigenvalue weighted by Crippen LogP contribution is -2.49. The summed E-state index contributed by atoms with van der Waals surface area (Å²) in [4.78, 5) is 55.4. The Kier molecular flexibility index (Phi) is 11.7. The predicted octanol–water partition coefficient (Wildman–Crippen LogP) is 6.68. The molecule has 11 nitrogen and oxygen atoms in total. The van der Waals surface area contributed by atoms with Gasteiger partial charge in [-0.1, -0.05) is 30.3 Å². The summed E-state index contributed by atoms with van der Waals surface area (Å²) in [6.07, 6.45) is -5.93. The van der Waals surface area contributed by atoms with Crippen LogP contribution in [0.4, 0.5) is 37.7 Å². The summed E-state index contributed by atoms with van der Waals surface area (Å²) in [5.41, 5.74) is 0.381. The van der Waals surface area contributed by atoms with Gasteiger partial charge in [-0.2, -0.15) is 13.2 Å². The number of piperidine rings is 3. The lowest BCUT2D eigenvalue weighted by molar-refractivity contribution is -0.275. The number of hydrogen-bond donors (Lipinski definition) is 2. The van der Waals surface area contributed by atoms with Gasteiger partial charge in [0.2, 0.25) is 17.7 Å². The van der Waals surface area contributed by atoms with Crippen LogP contribution in [0.1, 0.15) is 49.7 Å². The van der Waals surface area contributed by atoms with E-state index in [4.69, 9.17) is 0 Å². The van der Waals surface area contributed by atoms with Crippen molar-refractivity contribution >= 4 is 39.9 Å². The number of anilines is 2. The Morgan fingerprint density at radius 2 is 1.58 bits per heavy atom. The minimum absolute atomic E-state index is 0.0168. The highest BCUT2D eigenvalue weighted by Gasteiger charge is 2.39. The molecule has 59 heavy (non-hydrogen) atoms. The summed E-state index contributed by atoms with van der Waals surface area (Å²) in [7, 11) is 3.31. The zero-order chi connectivity index (χ0) is 42.2. The van der Waals surface area contributed by atoms with Crippen LogP contribution in [0.2, 0.25) is 0 Å². The Balaban J connectivity index is 0.961. The summed E-state index contributed by atoms with van der Waals surface area (Å²) in [5.74, 6) is -1.84. The maximum Gasteiger partial charge on any atom is 0.573 e. The zero-order valence-corrected chi connectivity index (χ0v) is 32.5. The second kappa shape index (κ2) is 16.6. The van der Waals surface area contributed by atoms with E-state index in [1.807, 2.05) is 4.90 Å². The fourth-order valence-corrected chi connectivity index (χ4v) is 8.42. The molecule has 3 amide bonds. The van der Waals surface area contributed by atoms with Crippen molar-refractivity contribution in [2.45, 2.75) is 69.7 Å². The van der Waals surface area contributed by atoms with E-state index in [9.17, 15) is 45.5 Å². The van der Waals surface area contributed by atoms with E-state index < -0.39 is 36.0 Å². The average molecular weight is 827 g/mol. The summed E-state index contributed by atoms with van der Waals surface area (Å²) < 4.78 is 89.8. The number of carbonyl (C=O) groups excluding carboxylic acids is 3. The van der Waals surface area contributed by atoms with E-state index in [1.54, 1.807) is 66.5 Å². The van der Waals surface area contributed by atoms with Crippen molar-refractivity contribution in [1.82, 2.24) is 19.7 Å². The van der Waals surface area contributed by atoms with Crippen molar-refractivity contribution < 1.29 is 45.5 Å². The average Bonchev–Trinajstić information content (AvgIpc) is 3.20. The van der Waals surface area contributed by atoms with E-state index in [1.165, 1.54) is 22.8 Å². The second-order valence-electron chi connectivity index (χ2n) is 15.5. The molecule has 3 aliphatic heterocycles.